The summed E-state index contributed by atoms with van der Waals surface area (Å²) in [6, 6.07) is 1.88. The molecule has 3 atom stereocenters. The summed E-state index contributed by atoms with van der Waals surface area (Å²) < 4.78 is 0. The molecular formula is C20H27N5O2. The van der Waals surface area contributed by atoms with Crippen molar-refractivity contribution in [1.29, 1.82) is 0 Å². The molecule has 0 bridgehead atoms. The molecule has 1 unspecified atom stereocenters. The quantitative estimate of drug-likeness (QED) is 0.900. The lowest BCUT2D eigenvalue weighted by Crippen LogP contribution is -2.50. The maximum absolute atomic E-state index is 13.3. The first-order chi connectivity index (χ1) is 12.9. The second-order valence-electron chi connectivity index (χ2n) is 8.17. The molecule has 0 aromatic carbocycles. The Morgan fingerprint density at radius 1 is 1.33 bits per heavy atom. The zero-order chi connectivity index (χ0) is 19.3. The Labute approximate surface area is 159 Å². The van der Waals surface area contributed by atoms with Crippen molar-refractivity contribution in [2.75, 3.05) is 20.1 Å². The second-order valence-corrected chi connectivity index (χ2v) is 8.17. The standard InChI is InChI=1S/C20H27N5O2/c1-11-8-15(11)20(27)25-7-5-6-14(10-25)24(4)19(26)16-9-12(2)21-18-17(16)13(3)22-23-18/h9,11,14-15H,5-8,10H2,1-4H3,(H,21,22,23)/t11-,14?,15-/m1/s1. The predicted molar refractivity (Wildman–Crippen MR) is 102 cm³/mol. The number of piperidine rings is 1. The summed E-state index contributed by atoms with van der Waals surface area (Å²) >= 11 is 0. The van der Waals surface area contributed by atoms with Crippen molar-refractivity contribution in [2.45, 2.75) is 46.1 Å². The van der Waals surface area contributed by atoms with Gasteiger partial charge in [0.1, 0.15) is 0 Å². The molecule has 3 heterocycles. The SMILES string of the molecule is Cc1cc(C(=O)N(C)C2CCCN(C(=O)[C@@H]3C[C@H]3C)C2)c2c(C)[nH]nc2n1. The highest BCUT2D eigenvalue weighted by molar-refractivity contribution is 6.06. The number of aromatic amines is 1. The summed E-state index contributed by atoms with van der Waals surface area (Å²) in [5.74, 6) is 0.935. The number of nitrogens with zero attached hydrogens (tertiary/aromatic N) is 4. The highest BCUT2D eigenvalue weighted by atomic mass is 16.2. The van der Waals surface area contributed by atoms with Crippen molar-refractivity contribution < 1.29 is 9.59 Å². The Morgan fingerprint density at radius 2 is 2.07 bits per heavy atom. The summed E-state index contributed by atoms with van der Waals surface area (Å²) in [6.07, 6.45) is 2.86. The van der Waals surface area contributed by atoms with Crippen molar-refractivity contribution >= 4 is 22.8 Å². The number of aryl methyl sites for hydroxylation is 2. The van der Waals surface area contributed by atoms with Gasteiger partial charge in [0.2, 0.25) is 5.91 Å². The monoisotopic (exact) mass is 369 g/mol. The molecule has 144 valence electrons. The predicted octanol–water partition coefficient (Wildman–Crippen LogP) is 2.29. The molecule has 2 aliphatic rings. The van der Waals surface area contributed by atoms with Gasteiger partial charge in [0, 0.05) is 43.5 Å². The minimum absolute atomic E-state index is 0.0333. The Kier molecular flexibility index (Phi) is 4.40. The van der Waals surface area contributed by atoms with Crippen LogP contribution in [0.3, 0.4) is 0 Å². The number of likely N-dealkylation sites (tertiary alicyclic amines) is 1. The highest BCUT2D eigenvalue weighted by Crippen LogP contribution is 2.39. The van der Waals surface area contributed by atoms with E-state index in [0.717, 1.165) is 42.6 Å². The van der Waals surface area contributed by atoms with Crippen molar-refractivity contribution in [3.8, 4) is 0 Å². The fourth-order valence-corrected chi connectivity index (χ4v) is 4.20. The molecule has 7 heteroatoms. The number of nitrogens with one attached hydrogen (secondary N) is 1. The van der Waals surface area contributed by atoms with Gasteiger partial charge in [-0.1, -0.05) is 6.92 Å². The van der Waals surface area contributed by atoms with Gasteiger partial charge >= 0.3 is 0 Å². The molecule has 1 aliphatic heterocycles. The average Bonchev–Trinajstić information content (AvgIpc) is 3.29. The van der Waals surface area contributed by atoms with Gasteiger partial charge in [-0.15, -0.1) is 0 Å². The Bertz CT molecular complexity index is 905. The van der Waals surface area contributed by atoms with Crippen molar-refractivity contribution in [3.63, 3.8) is 0 Å². The van der Waals surface area contributed by atoms with E-state index in [0.29, 0.717) is 23.7 Å². The number of rotatable bonds is 3. The van der Waals surface area contributed by atoms with E-state index in [9.17, 15) is 9.59 Å². The van der Waals surface area contributed by atoms with E-state index < -0.39 is 0 Å². The van der Waals surface area contributed by atoms with Gasteiger partial charge < -0.3 is 9.80 Å². The fraction of sp³-hybridized carbons (Fsp3) is 0.600. The summed E-state index contributed by atoms with van der Waals surface area (Å²) in [4.78, 5) is 34.1. The zero-order valence-electron chi connectivity index (χ0n) is 16.5. The molecule has 1 N–H and O–H groups in total. The largest absolute Gasteiger partial charge is 0.340 e. The summed E-state index contributed by atoms with van der Waals surface area (Å²) in [6.45, 7) is 7.34. The van der Waals surface area contributed by atoms with Crippen LogP contribution in [-0.4, -0.2) is 63.0 Å². The molecule has 1 saturated heterocycles. The van der Waals surface area contributed by atoms with Crippen LogP contribution in [0.4, 0.5) is 0 Å². The lowest BCUT2D eigenvalue weighted by atomic mass is 10.0. The molecule has 7 nitrogen and oxygen atoms in total. The van der Waals surface area contributed by atoms with Gasteiger partial charge in [0.15, 0.2) is 5.65 Å². The van der Waals surface area contributed by atoms with Crippen LogP contribution in [-0.2, 0) is 4.79 Å². The number of H-pyrrole nitrogens is 1. The van der Waals surface area contributed by atoms with E-state index in [4.69, 9.17) is 0 Å². The van der Waals surface area contributed by atoms with Crippen molar-refractivity contribution in [3.05, 3.63) is 23.0 Å². The molecule has 27 heavy (non-hydrogen) atoms. The average molecular weight is 369 g/mol. The third-order valence-electron chi connectivity index (χ3n) is 6.07. The van der Waals surface area contributed by atoms with Crippen LogP contribution in [0.25, 0.3) is 11.0 Å². The summed E-state index contributed by atoms with van der Waals surface area (Å²) in [7, 11) is 1.84. The minimum Gasteiger partial charge on any atom is -0.340 e. The number of likely N-dealkylation sites (N-methyl/N-ethyl adjacent to an activating group) is 1. The third-order valence-corrected chi connectivity index (χ3v) is 6.07. The number of hydrogen-bond acceptors (Lipinski definition) is 4. The molecule has 2 fully saturated rings. The van der Waals surface area contributed by atoms with Gasteiger partial charge in [0.25, 0.3) is 5.91 Å². The molecule has 2 aromatic heterocycles. The topological polar surface area (TPSA) is 82.2 Å². The Hall–Kier alpha value is -2.44. The lowest BCUT2D eigenvalue weighted by molar-refractivity contribution is -0.134. The van der Waals surface area contributed by atoms with Gasteiger partial charge in [0.05, 0.1) is 10.9 Å². The molecule has 4 rings (SSSR count). The van der Waals surface area contributed by atoms with Crippen molar-refractivity contribution in [2.24, 2.45) is 11.8 Å². The second kappa shape index (κ2) is 6.62. The number of carbonyl (C=O) groups excluding carboxylic acids is 2. The van der Waals surface area contributed by atoms with Crippen LogP contribution in [0, 0.1) is 25.7 Å². The Morgan fingerprint density at radius 3 is 2.78 bits per heavy atom. The molecule has 0 spiro atoms. The summed E-state index contributed by atoms with van der Waals surface area (Å²) in [5.41, 5.74) is 2.82. The molecule has 1 saturated carbocycles. The first kappa shape index (κ1) is 17.9. The van der Waals surface area contributed by atoms with E-state index in [1.54, 1.807) is 4.90 Å². The molecule has 1 aliphatic carbocycles. The number of aromatic nitrogens is 3. The normalized spacial score (nSPS) is 24.9. The van der Waals surface area contributed by atoms with Crippen LogP contribution in [0.15, 0.2) is 6.07 Å². The zero-order valence-corrected chi connectivity index (χ0v) is 16.5. The van der Waals surface area contributed by atoms with Crippen LogP contribution in [0.2, 0.25) is 0 Å². The number of hydrogen-bond donors (Lipinski definition) is 1. The maximum Gasteiger partial charge on any atom is 0.254 e. The first-order valence-corrected chi connectivity index (χ1v) is 9.75. The van der Waals surface area contributed by atoms with E-state index in [1.165, 1.54) is 0 Å². The van der Waals surface area contributed by atoms with Crippen LogP contribution >= 0.6 is 0 Å². The lowest BCUT2D eigenvalue weighted by Gasteiger charge is -2.38. The Balaban J connectivity index is 1.55. The summed E-state index contributed by atoms with van der Waals surface area (Å²) in [5, 5.41) is 7.92. The highest BCUT2D eigenvalue weighted by Gasteiger charge is 2.42. The molecular weight excluding hydrogens is 342 g/mol. The van der Waals surface area contributed by atoms with Gasteiger partial charge in [-0.2, -0.15) is 5.10 Å². The van der Waals surface area contributed by atoms with Crippen LogP contribution < -0.4 is 0 Å². The minimum atomic E-state index is -0.0333. The molecule has 2 amide bonds. The molecule has 0 radical (unpaired) electrons. The maximum atomic E-state index is 13.3. The smallest absolute Gasteiger partial charge is 0.254 e. The molecule has 2 aromatic rings. The van der Waals surface area contributed by atoms with Crippen molar-refractivity contribution in [1.82, 2.24) is 25.0 Å². The van der Waals surface area contributed by atoms with E-state index in [-0.39, 0.29) is 23.8 Å². The van der Waals surface area contributed by atoms with E-state index in [1.807, 2.05) is 31.9 Å². The number of fused-ring (bicyclic) bond motifs is 1. The van der Waals surface area contributed by atoms with Gasteiger partial charge in [-0.05, 0) is 45.1 Å². The first-order valence-electron chi connectivity index (χ1n) is 9.75. The third kappa shape index (κ3) is 3.19. The van der Waals surface area contributed by atoms with Crippen LogP contribution in [0.5, 0.6) is 0 Å². The number of amides is 2. The van der Waals surface area contributed by atoms with Gasteiger partial charge in [-0.3, -0.25) is 14.7 Å². The number of pyridine rings is 1. The van der Waals surface area contributed by atoms with Gasteiger partial charge in [-0.25, -0.2) is 4.98 Å². The van der Waals surface area contributed by atoms with Crippen LogP contribution in [0.1, 0.15) is 47.9 Å². The van der Waals surface area contributed by atoms with E-state index in [2.05, 4.69) is 22.1 Å². The number of carbonyl (C=O) groups is 2. The van der Waals surface area contributed by atoms with E-state index >= 15 is 0 Å². The fourth-order valence-electron chi connectivity index (χ4n) is 4.20.